The monoisotopic (exact) mass is 213 g/mol. The second-order valence-corrected chi connectivity index (χ2v) is 3.30. The highest BCUT2D eigenvalue weighted by molar-refractivity contribution is 4.86. The van der Waals surface area contributed by atoms with Crippen LogP contribution in [0.2, 0.25) is 0 Å². The summed E-state index contributed by atoms with van der Waals surface area (Å²) in [6.07, 6.45) is 3.54. The van der Waals surface area contributed by atoms with Crippen LogP contribution in [0.3, 0.4) is 0 Å². The Bertz CT molecular complexity index is 238. The molecule has 0 aliphatic heterocycles. The first-order valence-corrected chi connectivity index (χ1v) is 5.46. The summed E-state index contributed by atoms with van der Waals surface area (Å²) in [6.45, 7) is 4.05. The summed E-state index contributed by atoms with van der Waals surface area (Å²) >= 11 is 0. The predicted octanol–water partition coefficient (Wildman–Crippen LogP) is 0.930. The Kier molecular flexibility index (Phi) is 5.96. The summed E-state index contributed by atoms with van der Waals surface area (Å²) in [7, 11) is 0. The largest absolute Gasteiger partial charge is 0.381 e. The fourth-order valence-corrected chi connectivity index (χ4v) is 1.22. The van der Waals surface area contributed by atoms with Crippen LogP contribution in [-0.4, -0.2) is 29.9 Å². The topological polar surface area (TPSA) is 74.2 Å². The molecule has 86 valence electrons. The third-order valence-corrected chi connectivity index (χ3v) is 2.03. The first-order chi connectivity index (χ1) is 7.36. The zero-order valence-corrected chi connectivity index (χ0v) is 9.24. The highest BCUT2D eigenvalue weighted by atomic mass is 16.5. The van der Waals surface area contributed by atoms with Gasteiger partial charge >= 0.3 is 0 Å². The summed E-state index contributed by atoms with van der Waals surface area (Å²) in [5, 5.41) is 3.87. The SMILES string of the molecule is CCOCCc1noc(CCCCN)n1. The summed E-state index contributed by atoms with van der Waals surface area (Å²) in [5.41, 5.74) is 5.40. The van der Waals surface area contributed by atoms with E-state index in [1.54, 1.807) is 0 Å². The molecule has 5 nitrogen and oxygen atoms in total. The standard InChI is InChI=1S/C10H19N3O2/c1-2-14-8-6-9-12-10(15-13-9)5-3-4-7-11/h2-8,11H2,1H3. The lowest BCUT2D eigenvalue weighted by molar-refractivity contribution is 0.149. The zero-order chi connectivity index (χ0) is 10.9. The van der Waals surface area contributed by atoms with Crippen molar-refractivity contribution in [3.05, 3.63) is 11.7 Å². The van der Waals surface area contributed by atoms with Gasteiger partial charge in [-0.3, -0.25) is 0 Å². The molecule has 5 heteroatoms. The highest BCUT2D eigenvalue weighted by Crippen LogP contribution is 2.03. The van der Waals surface area contributed by atoms with E-state index in [-0.39, 0.29) is 0 Å². The number of hydrogen-bond acceptors (Lipinski definition) is 5. The molecule has 0 unspecified atom stereocenters. The number of aromatic nitrogens is 2. The summed E-state index contributed by atoms with van der Waals surface area (Å²) in [5.74, 6) is 1.43. The van der Waals surface area contributed by atoms with Gasteiger partial charge in [0, 0.05) is 19.4 Å². The molecule has 0 aromatic carbocycles. The van der Waals surface area contributed by atoms with Gasteiger partial charge < -0.3 is 15.0 Å². The van der Waals surface area contributed by atoms with E-state index in [9.17, 15) is 0 Å². The third kappa shape index (κ3) is 4.90. The van der Waals surface area contributed by atoms with Crippen molar-refractivity contribution in [3.8, 4) is 0 Å². The van der Waals surface area contributed by atoms with Crippen molar-refractivity contribution in [2.24, 2.45) is 5.73 Å². The third-order valence-electron chi connectivity index (χ3n) is 2.03. The van der Waals surface area contributed by atoms with Crippen molar-refractivity contribution in [1.82, 2.24) is 10.1 Å². The average molecular weight is 213 g/mol. The van der Waals surface area contributed by atoms with Crippen molar-refractivity contribution in [3.63, 3.8) is 0 Å². The zero-order valence-electron chi connectivity index (χ0n) is 9.24. The molecule has 0 fully saturated rings. The van der Waals surface area contributed by atoms with Crippen LogP contribution >= 0.6 is 0 Å². The molecule has 0 amide bonds. The normalized spacial score (nSPS) is 10.8. The molecule has 1 aromatic heterocycles. The molecular formula is C10H19N3O2. The smallest absolute Gasteiger partial charge is 0.226 e. The van der Waals surface area contributed by atoms with Crippen LogP contribution in [0.15, 0.2) is 4.52 Å². The first-order valence-electron chi connectivity index (χ1n) is 5.46. The Labute approximate surface area is 90.0 Å². The van der Waals surface area contributed by atoms with Gasteiger partial charge in [0.1, 0.15) is 0 Å². The first kappa shape index (κ1) is 12.1. The Morgan fingerprint density at radius 3 is 2.93 bits per heavy atom. The predicted molar refractivity (Wildman–Crippen MR) is 56.5 cm³/mol. The van der Waals surface area contributed by atoms with E-state index in [0.717, 1.165) is 31.7 Å². The second kappa shape index (κ2) is 7.36. The molecule has 0 saturated carbocycles. The quantitative estimate of drug-likeness (QED) is 0.650. The van der Waals surface area contributed by atoms with Gasteiger partial charge in [-0.05, 0) is 26.3 Å². The number of nitrogens with two attached hydrogens (primary N) is 1. The number of aryl methyl sites for hydroxylation is 1. The van der Waals surface area contributed by atoms with Crippen molar-refractivity contribution in [2.75, 3.05) is 19.8 Å². The minimum atomic E-state index is 0.651. The molecule has 0 bridgehead atoms. The van der Waals surface area contributed by atoms with Gasteiger partial charge in [-0.25, -0.2) is 0 Å². The van der Waals surface area contributed by atoms with Gasteiger partial charge in [0.25, 0.3) is 0 Å². The van der Waals surface area contributed by atoms with Crippen LogP contribution in [0, 0.1) is 0 Å². The molecule has 0 aliphatic carbocycles. The highest BCUT2D eigenvalue weighted by Gasteiger charge is 2.05. The summed E-state index contributed by atoms with van der Waals surface area (Å²) in [4.78, 5) is 4.26. The molecule has 0 spiro atoms. The van der Waals surface area contributed by atoms with Gasteiger partial charge in [0.05, 0.1) is 6.61 Å². The molecule has 15 heavy (non-hydrogen) atoms. The Morgan fingerprint density at radius 1 is 1.33 bits per heavy atom. The van der Waals surface area contributed by atoms with E-state index in [0.29, 0.717) is 25.5 Å². The lowest BCUT2D eigenvalue weighted by Crippen LogP contribution is -2.00. The lowest BCUT2D eigenvalue weighted by Gasteiger charge is -1.95. The fourth-order valence-electron chi connectivity index (χ4n) is 1.22. The maximum absolute atomic E-state index is 5.40. The van der Waals surface area contributed by atoms with E-state index < -0.39 is 0 Å². The maximum Gasteiger partial charge on any atom is 0.226 e. The average Bonchev–Trinajstić information content (AvgIpc) is 2.67. The van der Waals surface area contributed by atoms with Gasteiger partial charge in [-0.15, -0.1) is 0 Å². The van der Waals surface area contributed by atoms with Gasteiger partial charge in [0.15, 0.2) is 5.82 Å². The number of rotatable bonds is 8. The van der Waals surface area contributed by atoms with Gasteiger partial charge in [0.2, 0.25) is 5.89 Å². The molecule has 2 N–H and O–H groups in total. The van der Waals surface area contributed by atoms with Crippen LogP contribution in [-0.2, 0) is 17.6 Å². The van der Waals surface area contributed by atoms with Gasteiger partial charge in [-0.2, -0.15) is 4.98 Å². The van der Waals surface area contributed by atoms with E-state index in [1.165, 1.54) is 0 Å². The molecular weight excluding hydrogens is 194 g/mol. The van der Waals surface area contributed by atoms with Crippen LogP contribution in [0.5, 0.6) is 0 Å². The number of hydrogen-bond donors (Lipinski definition) is 1. The van der Waals surface area contributed by atoms with Crippen LogP contribution in [0.4, 0.5) is 0 Å². The Morgan fingerprint density at radius 2 is 2.20 bits per heavy atom. The Balaban J connectivity index is 2.23. The second-order valence-electron chi connectivity index (χ2n) is 3.30. The molecule has 1 heterocycles. The molecule has 0 atom stereocenters. The van der Waals surface area contributed by atoms with Crippen LogP contribution in [0.25, 0.3) is 0 Å². The number of ether oxygens (including phenoxy) is 1. The molecule has 0 radical (unpaired) electrons. The molecule has 0 aliphatic rings. The van der Waals surface area contributed by atoms with E-state index in [4.69, 9.17) is 15.0 Å². The van der Waals surface area contributed by atoms with Crippen LogP contribution < -0.4 is 5.73 Å². The van der Waals surface area contributed by atoms with Crippen molar-refractivity contribution >= 4 is 0 Å². The van der Waals surface area contributed by atoms with Crippen molar-refractivity contribution < 1.29 is 9.26 Å². The fraction of sp³-hybridized carbons (Fsp3) is 0.800. The summed E-state index contributed by atoms with van der Waals surface area (Å²) < 4.78 is 10.3. The summed E-state index contributed by atoms with van der Waals surface area (Å²) in [6, 6.07) is 0. The molecule has 1 aromatic rings. The lowest BCUT2D eigenvalue weighted by atomic mass is 10.2. The maximum atomic E-state index is 5.40. The van der Waals surface area contributed by atoms with Crippen molar-refractivity contribution in [1.29, 1.82) is 0 Å². The molecule has 1 rings (SSSR count). The minimum Gasteiger partial charge on any atom is -0.381 e. The van der Waals surface area contributed by atoms with E-state index in [2.05, 4.69) is 10.1 Å². The minimum absolute atomic E-state index is 0.651. The van der Waals surface area contributed by atoms with E-state index in [1.807, 2.05) is 6.92 Å². The van der Waals surface area contributed by atoms with E-state index >= 15 is 0 Å². The Hall–Kier alpha value is -0.940. The van der Waals surface area contributed by atoms with Crippen LogP contribution in [0.1, 0.15) is 31.5 Å². The number of unbranched alkanes of at least 4 members (excludes halogenated alkanes) is 1. The van der Waals surface area contributed by atoms with Crippen molar-refractivity contribution in [2.45, 2.75) is 32.6 Å². The van der Waals surface area contributed by atoms with Gasteiger partial charge in [-0.1, -0.05) is 5.16 Å². The number of nitrogens with zero attached hydrogens (tertiary/aromatic N) is 2. The molecule has 0 saturated heterocycles.